The molecule has 1 saturated heterocycles. The lowest BCUT2D eigenvalue weighted by Crippen LogP contribution is -2.40. The number of piperidine rings is 1. The van der Waals surface area contributed by atoms with Crippen molar-refractivity contribution in [3.63, 3.8) is 0 Å². The van der Waals surface area contributed by atoms with Crippen LogP contribution in [0.25, 0.3) is 0 Å². The van der Waals surface area contributed by atoms with E-state index in [9.17, 15) is 18.0 Å². The SMILES string of the molecule is CN(C)C(CNS(=O)(=O)c1ccc(N2C(=O)CCCC2=O)cc1)c1ccc2c(c1)OCO2. The molecule has 1 fully saturated rings. The number of carbonyl (C=O) groups excluding carboxylic acids is 2. The van der Waals surface area contributed by atoms with Crippen molar-refractivity contribution >= 4 is 27.5 Å². The smallest absolute Gasteiger partial charge is 0.240 e. The van der Waals surface area contributed by atoms with Gasteiger partial charge in [0.15, 0.2) is 11.5 Å². The molecule has 2 aliphatic rings. The minimum Gasteiger partial charge on any atom is -0.454 e. The van der Waals surface area contributed by atoms with Crippen LogP contribution in [0.2, 0.25) is 0 Å². The van der Waals surface area contributed by atoms with Gasteiger partial charge in [-0.3, -0.25) is 14.5 Å². The van der Waals surface area contributed by atoms with Gasteiger partial charge in [-0.05, 0) is 62.5 Å². The Kier molecular flexibility index (Phi) is 6.18. The van der Waals surface area contributed by atoms with Gasteiger partial charge in [-0.15, -0.1) is 0 Å². The Labute approximate surface area is 187 Å². The van der Waals surface area contributed by atoms with E-state index in [2.05, 4.69) is 4.72 Å². The molecule has 10 heteroatoms. The molecule has 2 aromatic carbocycles. The Balaban J connectivity index is 1.48. The maximum atomic E-state index is 12.9. The minimum absolute atomic E-state index is 0.0568. The van der Waals surface area contributed by atoms with Gasteiger partial charge in [0.05, 0.1) is 10.6 Å². The first kappa shape index (κ1) is 22.3. The highest BCUT2D eigenvalue weighted by Gasteiger charge is 2.28. The summed E-state index contributed by atoms with van der Waals surface area (Å²) >= 11 is 0. The summed E-state index contributed by atoms with van der Waals surface area (Å²) in [4.78, 5) is 27.3. The Hall–Kier alpha value is -2.95. The zero-order valence-electron chi connectivity index (χ0n) is 17.9. The molecule has 2 aliphatic heterocycles. The lowest BCUT2D eigenvalue weighted by atomic mass is 10.1. The maximum absolute atomic E-state index is 12.9. The highest BCUT2D eigenvalue weighted by molar-refractivity contribution is 7.89. The second-order valence-corrected chi connectivity index (χ2v) is 9.68. The molecule has 1 atom stereocenters. The number of nitrogens with one attached hydrogen (secondary N) is 1. The van der Waals surface area contributed by atoms with Gasteiger partial charge >= 0.3 is 0 Å². The van der Waals surface area contributed by atoms with Crippen LogP contribution in [0, 0.1) is 0 Å². The number of rotatable bonds is 7. The maximum Gasteiger partial charge on any atom is 0.240 e. The van der Waals surface area contributed by atoms with Crippen molar-refractivity contribution in [1.29, 1.82) is 0 Å². The van der Waals surface area contributed by atoms with E-state index >= 15 is 0 Å². The third-order valence-electron chi connectivity index (χ3n) is 5.56. The van der Waals surface area contributed by atoms with Gasteiger partial charge < -0.3 is 14.4 Å². The summed E-state index contributed by atoms with van der Waals surface area (Å²) in [5, 5.41) is 0. The summed E-state index contributed by atoms with van der Waals surface area (Å²) in [5.74, 6) is 0.757. The van der Waals surface area contributed by atoms with Crippen LogP contribution >= 0.6 is 0 Å². The van der Waals surface area contributed by atoms with E-state index in [0.717, 1.165) is 10.5 Å². The fourth-order valence-corrected chi connectivity index (χ4v) is 4.85. The van der Waals surface area contributed by atoms with Crippen LogP contribution in [0.1, 0.15) is 30.9 Å². The summed E-state index contributed by atoms with van der Waals surface area (Å²) in [5.41, 5.74) is 1.27. The molecule has 0 bridgehead atoms. The predicted molar refractivity (Wildman–Crippen MR) is 117 cm³/mol. The fourth-order valence-electron chi connectivity index (χ4n) is 3.81. The molecule has 1 N–H and O–H groups in total. The molecular weight excluding hydrogens is 434 g/mol. The molecule has 9 nitrogen and oxygen atoms in total. The molecule has 4 rings (SSSR count). The number of carbonyl (C=O) groups is 2. The number of amides is 2. The van der Waals surface area contributed by atoms with Gasteiger partial charge in [0.1, 0.15) is 0 Å². The predicted octanol–water partition coefficient (Wildman–Crippen LogP) is 2.04. The van der Waals surface area contributed by atoms with Crippen molar-refractivity contribution in [2.75, 3.05) is 32.3 Å². The fraction of sp³-hybridized carbons (Fsp3) is 0.364. The Morgan fingerprint density at radius 3 is 2.31 bits per heavy atom. The number of hydrogen-bond acceptors (Lipinski definition) is 7. The molecule has 1 unspecified atom stereocenters. The van der Waals surface area contributed by atoms with E-state index in [1.807, 2.05) is 37.2 Å². The molecule has 2 aromatic rings. The number of nitrogens with zero attached hydrogens (tertiary/aromatic N) is 2. The van der Waals surface area contributed by atoms with Gasteiger partial charge in [-0.1, -0.05) is 6.07 Å². The van der Waals surface area contributed by atoms with E-state index in [0.29, 0.717) is 36.4 Å². The minimum atomic E-state index is -3.80. The van der Waals surface area contributed by atoms with E-state index < -0.39 is 10.0 Å². The normalized spacial score (nSPS) is 17.2. The number of fused-ring (bicyclic) bond motifs is 1. The average molecular weight is 460 g/mol. The largest absolute Gasteiger partial charge is 0.454 e. The first-order valence-corrected chi connectivity index (χ1v) is 11.8. The van der Waals surface area contributed by atoms with Crippen LogP contribution in [0.3, 0.4) is 0 Å². The molecule has 32 heavy (non-hydrogen) atoms. The Morgan fingerprint density at radius 1 is 1.00 bits per heavy atom. The number of hydrogen-bond donors (Lipinski definition) is 1. The summed E-state index contributed by atoms with van der Waals surface area (Å²) in [6, 6.07) is 11.1. The molecule has 0 spiro atoms. The molecule has 0 radical (unpaired) electrons. The quantitative estimate of drug-likeness (QED) is 0.632. The monoisotopic (exact) mass is 459 g/mol. The third-order valence-corrected chi connectivity index (χ3v) is 7.00. The summed E-state index contributed by atoms with van der Waals surface area (Å²) < 4.78 is 39.2. The summed E-state index contributed by atoms with van der Waals surface area (Å²) in [6.07, 6.45) is 1.15. The van der Waals surface area contributed by atoms with Crippen LogP contribution in [-0.4, -0.2) is 52.6 Å². The lowest BCUT2D eigenvalue weighted by Gasteiger charge is -2.26. The number of sulfonamides is 1. The zero-order valence-corrected chi connectivity index (χ0v) is 18.7. The van der Waals surface area contributed by atoms with E-state index in [1.165, 1.54) is 24.3 Å². The average Bonchev–Trinajstić information content (AvgIpc) is 3.22. The van der Waals surface area contributed by atoms with Crippen LogP contribution in [0.5, 0.6) is 11.5 Å². The lowest BCUT2D eigenvalue weighted by molar-refractivity contribution is -0.129. The van der Waals surface area contributed by atoms with Crippen LogP contribution in [0.4, 0.5) is 5.69 Å². The molecule has 2 amide bonds. The van der Waals surface area contributed by atoms with Crippen LogP contribution in [0.15, 0.2) is 47.4 Å². The Bertz CT molecular complexity index is 1110. The molecule has 0 saturated carbocycles. The second-order valence-electron chi connectivity index (χ2n) is 7.91. The second kappa shape index (κ2) is 8.89. The summed E-state index contributed by atoms with van der Waals surface area (Å²) in [7, 11) is -0.0718. The van der Waals surface area contributed by atoms with Gasteiger partial charge in [0.25, 0.3) is 0 Å². The zero-order chi connectivity index (χ0) is 22.9. The van der Waals surface area contributed by atoms with Crippen molar-refractivity contribution in [2.24, 2.45) is 0 Å². The standard InChI is InChI=1S/C22H25N3O6S/c1-24(2)18(15-6-11-19-20(12-15)31-14-30-19)13-23-32(28,29)17-9-7-16(8-10-17)25-21(26)4-3-5-22(25)27/h6-12,18,23H,3-5,13-14H2,1-2H3. The van der Waals surface area contributed by atoms with Gasteiger partial charge in [0, 0.05) is 25.4 Å². The number of imide groups is 1. The van der Waals surface area contributed by atoms with Crippen molar-refractivity contribution < 1.29 is 27.5 Å². The van der Waals surface area contributed by atoms with Crippen LogP contribution in [-0.2, 0) is 19.6 Å². The van der Waals surface area contributed by atoms with Gasteiger partial charge in [0.2, 0.25) is 28.6 Å². The Morgan fingerprint density at radius 2 is 1.66 bits per heavy atom. The van der Waals surface area contributed by atoms with Gasteiger partial charge in [-0.2, -0.15) is 0 Å². The first-order chi connectivity index (χ1) is 15.3. The van der Waals surface area contributed by atoms with Crippen molar-refractivity contribution in [2.45, 2.75) is 30.2 Å². The van der Waals surface area contributed by atoms with Crippen molar-refractivity contribution in [3.05, 3.63) is 48.0 Å². The van der Waals surface area contributed by atoms with E-state index in [-0.39, 0.29) is 36.1 Å². The highest BCUT2D eigenvalue weighted by Crippen LogP contribution is 2.35. The van der Waals surface area contributed by atoms with Crippen molar-refractivity contribution in [1.82, 2.24) is 9.62 Å². The molecule has 2 heterocycles. The topological polar surface area (TPSA) is 105 Å². The van der Waals surface area contributed by atoms with E-state index in [1.54, 1.807) is 0 Å². The number of anilines is 1. The van der Waals surface area contributed by atoms with Crippen LogP contribution < -0.4 is 19.1 Å². The molecule has 0 aromatic heterocycles. The number of likely N-dealkylation sites (N-methyl/N-ethyl adjacent to an activating group) is 1. The molecular formula is C22H25N3O6S. The van der Waals surface area contributed by atoms with Gasteiger partial charge in [-0.25, -0.2) is 13.1 Å². The summed E-state index contributed by atoms with van der Waals surface area (Å²) in [6.45, 7) is 0.308. The third kappa shape index (κ3) is 4.47. The molecule has 0 aliphatic carbocycles. The molecule has 170 valence electrons. The first-order valence-electron chi connectivity index (χ1n) is 10.3. The number of benzene rings is 2. The van der Waals surface area contributed by atoms with Crippen molar-refractivity contribution in [3.8, 4) is 11.5 Å². The number of ether oxygens (including phenoxy) is 2. The highest BCUT2D eigenvalue weighted by atomic mass is 32.2. The van der Waals surface area contributed by atoms with E-state index in [4.69, 9.17) is 9.47 Å².